The van der Waals surface area contributed by atoms with E-state index in [9.17, 15) is 41.7 Å². The first-order chi connectivity index (χ1) is 15.4. The fourth-order valence-corrected chi connectivity index (χ4v) is 5.09. The SMILES string of the molecule is C=C1/C(=C\C=C\[C@@H]2CC[C@H]([C@H](C)CC#CC(O)(C(F)(F)F)C(F)(F)F)C2(C)C)C[C@@H](O)C[C@@H]1O. The summed E-state index contributed by atoms with van der Waals surface area (Å²) in [6.07, 6.45) is -5.72. The van der Waals surface area contributed by atoms with Gasteiger partial charge in [-0.15, -0.1) is 0 Å². The second kappa shape index (κ2) is 10.1. The van der Waals surface area contributed by atoms with Crippen LogP contribution in [0, 0.1) is 35.0 Å². The van der Waals surface area contributed by atoms with Gasteiger partial charge in [0.1, 0.15) is 0 Å². The molecule has 0 bridgehead atoms. The van der Waals surface area contributed by atoms with Gasteiger partial charge in [0.05, 0.1) is 12.2 Å². The number of rotatable bonds is 4. The predicted octanol–water partition coefficient (Wildman–Crippen LogP) is 5.48. The largest absolute Gasteiger partial charge is 0.438 e. The molecule has 0 saturated heterocycles. The molecule has 192 valence electrons. The Labute approximate surface area is 196 Å². The van der Waals surface area contributed by atoms with E-state index in [0.717, 1.165) is 24.3 Å². The van der Waals surface area contributed by atoms with Crippen LogP contribution < -0.4 is 0 Å². The van der Waals surface area contributed by atoms with Crippen molar-refractivity contribution in [2.75, 3.05) is 0 Å². The van der Waals surface area contributed by atoms with Gasteiger partial charge in [-0.05, 0) is 59.5 Å². The standard InChI is InChI=1S/C25H32F6O3/c1-15(7-6-12-23(34,24(26,27)28)25(29,30)31)20-11-10-18(22(20,3)4)9-5-8-17-13-19(32)14-21(33)16(17)2/h5,8-9,15,18-21,32-34H,2,7,10-11,13-14H2,1,3-4H3/b9-5+,17-8-/t15-,18-,19-,20-,21+/m1/s1. The average molecular weight is 495 g/mol. The lowest BCUT2D eigenvalue weighted by Gasteiger charge is -2.35. The molecule has 2 fully saturated rings. The van der Waals surface area contributed by atoms with Gasteiger partial charge >= 0.3 is 18.0 Å². The van der Waals surface area contributed by atoms with Crippen LogP contribution in [-0.2, 0) is 0 Å². The molecule has 5 atom stereocenters. The van der Waals surface area contributed by atoms with E-state index in [1.807, 2.05) is 31.9 Å². The van der Waals surface area contributed by atoms with Crippen molar-refractivity contribution in [3.8, 4) is 11.8 Å². The molecular formula is C25H32F6O3. The third-order valence-corrected chi connectivity index (χ3v) is 7.31. The number of allylic oxidation sites excluding steroid dienone is 3. The topological polar surface area (TPSA) is 60.7 Å². The van der Waals surface area contributed by atoms with E-state index in [2.05, 4.69) is 6.58 Å². The predicted molar refractivity (Wildman–Crippen MR) is 116 cm³/mol. The van der Waals surface area contributed by atoms with Crippen LogP contribution in [0.2, 0.25) is 0 Å². The molecule has 0 aliphatic heterocycles. The summed E-state index contributed by atoms with van der Waals surface area (Å²) >= 11 is 0. The number of aliphatic hydroxyl groups excluding tert-OH is 2. The molecule has 0 amide bonds. The number of alkyl halides is 6. The third kappa shape index (κ3) is 5.89. The Morgan fingerprint density at radius 3 is 2.26 bits per heavy atom. The minimum absolute atomic E-state index is 0.00209. The van der Waals surface area contributed by atoms with Gasteiger partial charge in [-0.3, -0.25) is 0 Å². The lowest BCUT2D eigenvalue weighted by Crippen LogP contribution is -2.55. The minimum Gasteiger partial charge on any atom is -0.393 e. The molecular weight excluding hydrogens is 462 g/mol. The number of aliphatic hydroxyl groups is 3. The molecule has 0 aromatic heterocycles. The Balaban J connectivity index is 2.09. The van der Waals surface area contributed by atoms with Gasteiger partial charge in [-0.25, -0.2) is 0 Å². The van der Waals surface area contributed by atoms with Crippen LogP contribution >= 0.6 is 0 Å². The Bertz CT molecular complexity index is 858. The maximum atomic E-state index is 12.8. The molecule has 9 heteroatoms. The van der Waals surface area contributed by atoms with E-state index in [-0.39, 0.29) is 36.0 Å². The molecule has 3 N–H and O–H groups in total. The van der Waals surface area contributed by atoms with Gasteiger partial charge in [0, 0.05) is 12.8 Å². The highest BCUT2D eigenvalue weighted by Crippen LogP contribution is 2.52. The molecule has 2 aliphatic rings. The maximum Gasteiger partial charge on any atom is 0.438 e. The summed E-state index contributed by atoms with van der Waals surface area (Å²) in [6, 6.07) is 0. The molecule has 3 nitrogen and oxygen atoms in total. The van der Waals surface area contributed by atoms with Gasteiger partial charge in [0.2, 0.25) is 0 Å². The van der Waals surface area contributed by atoms with Gasteiger partial charge in [-0.1, -0.05) is 51.5 Å². The lowest BCUT2D eigenvalue weighted by atomic mass is 9.70. The van der Waals surface area contributed by atoms with E-state index in [4.69, 9.17) is 0 Å². The zero-order valence-electron chi connectivity index (χ0n) is 19.5. The summed E-state index contributed by atoms with van der Waals surface area (Å²) in [4.78, 5) is 0. The molecule has 2 aliphatic carbocycles. The molecule has 0 radical (unpaired) electrons. The number of hydrogen-bond donors (Lipinski definition) is 3. The molecule has 0 spiro atoms. The van der Waals surface area contributed by atoms with E-state index in [1.54, 1.807) is 13.0 Å². The van der Waals surface area contributed by atoms with Crippen LogP contribution in [0.1, 0.15) is 52.9 Å². The molecule has 0 unspecified atom stereocenters. The average Bonchev–Trinajstić information content (AvgIpc) is 2.97. The highest BCUT2D eigenvalue weighted by atomic mass is 19.4. The Kier molecular flexibility index (Phi) is 8.44. The second-order valence-corrected chi connectivity index (χ2v) is 10.0. The molecule has 0 aromatic carbocycles. The van der Waals surface area contributed by atoms with Crippen LogP contribution in [0.15, 0.2) is 36.0 Å². The van der Waals surface area contributed by atoms with Gasteiger partial charge < -0.3 is 15.3 Å². The van der Waals surface area contributed by atoms with E-state index < -0.39 is 30.2 Å². The fraction of sp³-hybridized carbons (Fsp3) is 0.680. The first kappa shape index (κ1) is 28.5. The summed E-state index contributed by atoms with van der Waals surface area (Å²) in [5.74, 6) is 2.81. The zero-order valence-corrected chi connectivity index (χ0v) is 19.5. The quantitative estimate of drug-likeness (QED) is 0.358. The van der Waals surface area contributed by atoms with Crippen molar-refractivity contribution in [2.24, 2.45) is 23.2 Å². The van der Waals surface area contributed by atoms with Crippen LogP contribution in [0.5, 0.6) is 0 Å². The van der Waals surface area contributed by atoms with Gasteiger partial charge in [0.15, 0.2) is 0 Å². The van der Waals surface area contributed by atoms with Gasteiger partial charge in [0.25, 0.3) is 0 Å². The van der Waals surface area contributed by atoms with Crippen molar-refractivity contribution in [1.29, 1.82) is 0 Å². The molecule has 2 saturated carbocycles. The van der Waals surface area contributed by atoms with Crippen LogP contribution in [0.4, 0.5) is 26.3 Å². The maximum absolute atomic E-state index is 12.8. The highest BCUT2D eigenvalue weighted by Gasteiger charge is 2.70. The van der Waals surface area contributed by atoms with E-state index >= 15 is 0 Å². The monoisotopic (exact) mass is 494 g/mol. The summed E-state index contributed by atoms with van der Waals surface area (Å²) in [6.45, 7) is 9.62. The minimum atomic E-state index is -5.95. The van der Waals surface area contributed by atoms with Gasteiger partial charge in [-0.2, -0.15) is 26.3 Å². The third-order valence-electron chi connectivity index (χ3n) is 7.31. The normalized spacial score (nSPS) is 30.5. The van der Waals surface area contributed by atoms with Crippen molar-refractivity contribution in [3.05, 3.63) is 36.0 Å². The smallest absolute Gasteiger partial charge is 0.393 e. The van der Waals surface area contributed by atoms with Crippen molar-refractivity contribution >= 4 is 0 Å². The lowest BCUT2D eigenvalue weighted by molar-refractivity contribution is -0.343. The van der Waals surface area contributed by atoms with Crippen LogP contribution in [0.25, 0.3) is 0 Å². The first-order valence-corrected chi connectivity index (χ1v) is 11.2. The Morgan fingerprint density at radius 1 is 1.12 bits per heavy atom. The van der Waals surface area contributed by atoms with Crippen LogP contribution in [0.3, 0.4) is 0 Å². The Morgan fingerprint density at radius 2 is 1.71 bits per heavy atom. The summed E-state index contributed by atoms with van der Waals surface area (Å²) in [5.41, 5.74) is -4.00. The van der Waals surface area contributed by atoms with Crippen molar-refractivity contribution in [2.45, 2.75) is 83.0 Å². The molecule has 34 heavy (non-hydrogen) atoms. The fourth-order valence-electron chi connectivity index (χ4n) is 5.09. The highest BCUT2D eigenvalue weighted by molar-refractivity contribution is 5.37. The number of hydrogen-bond acceptors (Lipinski definition) is 3. The summed E-state index contributed by atoms with van der Waals surface area (Å²) in [7, 11) is 0. The van der Waals surface area contributed by atoms with Crippen LogP contribution in [-0.4, -0.2) is 45.5 Å². The van der Waals surface area contributed by atoms with E-state index in [0.29, 0.717) is 12.0 Å². The second-order valence-electron chi connectivity index (χ2n) is 10.0. The Hall–Kier alpha value is -1.76. The van der Waals surface area contributed by atoms with Crippen molar-refractivity contribution in [1.82, 2.24) is 0 Å². The zero-order chi connectivity index (χ0) is 26.1. The first-order valence-electron chi connectivity index (χ1n) is 11.2. The van der Waals surface area contributed by atoms with Crippen molar-refractivity contribution < 1.29 is 41.7 Å². The van der Waals surface area contributed by atoms with Crippen molar-refractivity contribution in [3.63, 3.8) is 0 Å². The molecule has 0 heterocycles. The molecule has 2 rings (SSSR count). The van der Waals surface area contributed by atoms with E-state index in [1.165, 1.54) is 0 Å². The summed E-state index contributed by atoms with van der Waals surface area (Å²) in [5, 5.41) is 29.0. The number of halogens is 6. The summed E-state index contributed by atoms with van der Waals surface area (Å²) < 4.78 is 76.8. The molecule has 0 aromatic rings.